The zero-order valence-electron chi connectivity index (χ0n) is 14.9. The van der Waals surface area contributed by atoms with Gasteiger partial charge in [0.1, 0.15) is 0 Å². The number of carbonyl (C=O) groups is 2. The summed E-state index contributed by atoms with van der Waals surface area (Å²) in [5, 5.41) is 7.36. The molecule has 0 spiro atoms. The first kappa shape index (κ1) is 18.0. The zero-order valence-corrected chi connectivity index (χ0v) is 14.9. The van der Waals surface area contributed by atoms with Crippen molar-refractivity contribution in [3.8, 4) is 5.69 Å². The summed E-state index contributed by atoms with van der Waals surface area (Å²) in [7, 11) is 0. The van der Waals surface area contributed by atoms with E-state index in [9.17, 15) is 9.59 Å². The van der Waals surface area contributed by atoms with Gasteiger partial charge in [-0.1, -0.05) is 18.2 Å². The Labute approximate surface area is 152 Å². The number of nitrogens with one attached hydrogen (secondary N) is 1. The van der Waals surface area contributed by atoms with E-state index < -0.39 is 0 Å². The predicted octanol–water partition coefficient (Wildman–Crippen LogP) is 2.15. The second-order valence-electron chi connectivity index (χ2n) is 6.33. The Morgan fingerprint density at radius 3 is 2.65 bits per heavy atom. The molecule has 0 bridgehead atoms. The monoisotopic (exact) mass is 356 g/mol. The van der Waals surface area contributed by atoms with Crippen LogP contribution in [0.1, 0.15) is 25.3 Å². The first-order valence-corrected chi connectivity index (χ1v) is 8.95. The van der Waals surface area contributed by atoms with Gasteiger partial charge in [-0.2, -0.15) is 5.10 Å². The Balaban J connectivity index is 1.47. The minimum Gasteiger partial charge on any atom is -0.450 e. The molecule has 138 valence electrons. The van der Waals surface area contributed by atoms with E-state index in [0.717, 1.165) is 24.1 Å². The third-order valence-corrected chi connectivity index (χ3v) is 4.41. The van der Waals surface area contributed by atoms with Gasteiger partial charge in [0.05, 0.1) is 24.9 Å². The summed E-state index contributed by atoms with van der Waals surface area (Å²) in [4.78, 5) is 25.7. The number of ether oxygens (including phenoxy) is 1. The molecule has 1 fully saturated rings. The number of para-hydroxylation sites is 1. The number of amides is 2. The van der Waals surface area contributed by atoms with Crippen LogP contribution in [0.15, 0.2) is 42.7 Å². The Morgan fingerprint density at radius 2 is 1.96 bits per heavy atom. The van der Waals surface area contributed by atoms with Gasteiger partial charge in [-0.05, 0) is 37.5 Å². The lowest BCUT2D eigenvalue weighted by Gasteiger charge is -2.31. The van der Waals surface area contributed by atoms with E-state index in [0.29, 0.717) is 26.1 Å². The Bertz CT molecular complexity index is 736. The fraction of sp³-hybridized carbons (Fsp3) is 0.421. The van der Waals surface area contributed by atoms with Gasteiger partial charge in [-0.25, -0.2) is 9.48 Å². The second-order valence-corrected chi connectivity index (χ2v) is 6.33. The minimum absolute atomic E-state index is 0.0211. The van der Waals surface area contributed by atoms with Crippen molar-refractivity contribution in [2.24, 2.45) is 0 Å². The lowest BCUT2D eigenvalue weighted by Crippen LogP contribution is -2.47. The van der Waals surface area contributed by atoms with Crippen LogP contribution >= 0.6 is 0 Å². The molecular weight excluding hydrogens is 332 g/mol. The van der Waals surface area contributed by atoms with E-state index in [1.165, 1.54) is 0 Å². The lowest BCUT2D eigenvalue weighted by molar-refractivity contribution is -0.121. The van der Waals surface area contributed by atoms with Crippen molar-refractivity contribution < 1.29 is 14.3 Å². The third-order valence-electron chi connectivity index (χ3n) is 4.41. The molecule has 0 saturated carbocycles. The molecule has 2 heterocycles. The predicted molar refractivity (Wildman–Crippen MR) is 97.0 cm³/mol. The number of rotatable bonds is 5. The highest BCUT2D eigenvalue weighted by Gasteiger charge is 2.24. The summed E-state index contributed by atoms with van der Waals surface area (Å²) in [6.45, 7) is 3.39. The maximum Gasteiger partial charge on any atom is 0.409 e. The Hall–Kier alpha value is -2.83. The summed E-state index contributed by atoms with van der Waals surface area (Å²) in [5.41, 5.74) is 1.83. The number of likely N-dealkylation sites (tertiary alicyclic amines) is 1. The quantitative estimate of drug-likeness (QED) is 0.891. The van der Waals surface area contributed by atoms with Crippen LogP contribution in [0.5, 0.6) is 0 Å². The number of nitrogens with zero attached hydrogens (tertiary/aromatic N) is 3. The van der Waals surface area contributed by atoms with E-state index in [-0.39, 0.29) is 18.0 Å². The number of piperidine rings is 1. The maximum atomic E-state index is 12.3. The number of benzene rings is 1. The van der Waals surface area contributed by atoms with Gasteiger partial charge < -0.3 is 15.0 Å². The Morgan fingerprint density at radius 1 is 1.23 bits per heavy atom. The highest BCUT2D eigenvalue weighted by Crippen LogP contribution is 2.12. The molecule has 0 atom stereocenters. The third kappa shape index (κ3) is 4.62. The van der Waals surface area contributed by atoms with Gasteiger partial charge >= 0.3 is 6.09 Å². The number of aromatic nitrogens is 2. The van der Waals surface area contributed by atoms with Crippen molar-refractivity contribution >= 4 is 12.0 Å². The fourth-order valence-electron chi connectivity index (χ4n) is 3.06. The van der Waals surface area contributed by atoms with Crippen molar-refractivity contribution in [2.75, 3.05) is 19.7 Å². The first-order chi connectivity index (χ1) is 12.7. The number of carbonyl (C=O) groups excluding carboxylic acids is 2. The van der Waals surface area contributed by atoms with Crippen LogP contribution < -0.4 is 5.32 Å². The summed E-state index contributed by atoms with van der Waals surface area (Å²) >= 11 is 0. The minimum atomic E-state index is -0.273. The topological polar surface area (TPSA) is 76.5 Å². The highest BCUT2D eigenvalue weighted by atomic mass is 16.6. The lowest BCUT2D eigenvalue weighted by atomic mass is 10.0. The summed E-state index contributed by atoms with van der Waals surface area (Å²) in [6, 6.07) is 9.88. The number of hydrogen-bond donors (Lipinski definition) is 1. The van der Waals surface area contributed by atoms with Crippen LogP contribution in [0.4, 0.5) is 4.79 Å². The van der Waals surface area contributed by atoms with E-state index in [4.69, 9.17) is 4.74 Å². The fourth-order valence-corrected chi connectivity index (χ4v) is 3.06. The van der Waals surface area contributed by atoms with Crippen LogP contribution in [-0.4, -0.2) is 52.4 Å². The molecule has 1 aromatic carbocycles. The van der Waals surface area contributed by atoms with Crippen molar-refractivity contribution in [1.29, 1.82) is 0 Å². The average Bonchev–Trinajstić information content (AvgIpc) is 3.11. The van der Waals surface area contributed by atoms with Gasteiger partial charge in [0.15, 0.2) is 0 Å². The van der Waals surface area contributed by atoms with Gasteiger partial charge in [-0.15, -0.1) is 0 Å². The second kappa shape index (κ2) is 8.51. The Kier molecular flexibility index (Phi) is 5.88. The van der Waals surface area contributed by atoms with E-state index in [1.807, 2.05) is 36.5 Å². The van der Waals surface area contributed by atoms with Crippen LogP contribution in [0.3, 0.4) is 0 Å². The molecule has 0 radical (unpaired) electrons. The molecule has 0 unspecified atom stereocenters. The van der Waals surface area contributed by atoms with Crippen LogP contribution in [0, 0.1) is 0 Å². The van der Waals surface area contributed by atoms with E-state index >= 15 is 0 Å². The molecule has 3 rings (SSSR count). The smallest absolute Gasteiger partial charge is 0.409 e. The summed E-state index contributed by atoms with van der Waals surface area (Å²) in [6.07, 6.45) is 5.10. The van der Waals surface area contributed by atoms with Crippen molar-refractivity contribution in [3.63, 3.8) is 0 Å². The van der Waals surface area contributed by atoms with Gasteiger partial charge in [0.2, 0.25) is 5.91 Å². The van der Waals surface area contributed by atoms with Crippen LogP contribution in [0.25, 0.3) is 5.69 Å². The normalized spacial score (nSPS) is 14.9. The van der Waals surface area contributed by atoms with Crippen LogP contribution in [0.2, 0.25) is 0 Å². The highest BCUT2D eigenvalue weighted by molar-refractivity contribution is 5.78. The molecule has 26 heavy (non-hydrogen) atoms. The molecule has 1 aliphatic heterocycles. The maximum absolute atomic E-state index is 12.3. The molecule has 1 saturated heterocycles. The molecular formula is C19H24N4O3. The van der Waals surface area contributed by atoms with Crippen molar-refractivity contribution in [1.82, 2.24) is 20.0 Å². The van der Waals surface area contributed by atoms with Gasteiger partial charge in [0, 0.05) is 25.3 Å². The van der Waals surface area contributed by atoms with E-state index in [1.54, 1.807) is 22.7 Å². The van der Waals surface area contributed by atoms with E-state index in [2.05, 4.69) is 10.4 Å². The SMILES string of the molecule is CCOC(=O)N1CCC(NC(=O)Cc2cnn(-c3ccccc3)c2)CC1. The van der Waals surface area contributed by atoms with Crippen LogP contribution in [-0.2, 0) is 16.0 Å². The van der Waals surface area contributed by atoms with Crippen molar-refractivity contribution in [2.45, 2.75) is 32.2 Å². The summed E-state index contributed by atoms with van der Waals surface area (Å²) in [5.74, 6) is -0.0211. The van der Waals surface area contributed by atoms with Gasteiger partial charge in [0.25, 0.3) is 0 Å². The molecule has 1 aliphatic rings. The molecule has 2 amide bonds. The van der Waals surface area contributed by atoms with Crippen molar-refractivity contribution in [3.05, 3.63) is 48.3 Å². The number of hydrogen-bond acceptors (Lipinski definition) is 4. The molecule has 1 N–H and O–H groups in total. The average molecular weight is 356 g/mol. The standard InChI is InChI=1S/C19H24N4O3/c1-2-26-19(25)22-10-8-16(9-11-22)21-18(24)12-15-13-20-23(14-15)17-6-4-3-5-7-17/h3-7,13-14,16H,2,8-12H2,1H3,(H,21,24). The zero-order chi connectivity index (χ0) is 18.4. The van der Waals surface area contributed by atoms with Gasteiger partial charge in [-0.3, -0.25) is 4.79 Å². The molecule has 2 aromatic rings. The molecule has 0 aliphatic carbocycles. The first-order valence-electron chi connectivity index (χ1n) is 8.95. The molecule has 7 heteroatoms. The largest absolute Gasteiger partial charge is 0.450 e. The summed E-state index contributed by atoms with van der Waals surface area (Å²) < 4.78 is 6.77. The molecule has 1 aromatic heterocycles. The molecule has 7 nitrogen and oxygen atoms in total.